The van der Waals surface area contributed by atoms with E-state index in [1.54, 1.807) is 48.5 Å². The van der Waals surface area contributed by atoms with Gasteiger partial charge in [0.1, 0.15) is 6.04 Å². The van der Waals surface area contributed by atoms with Gasteiger partial charge in [0.15, 0.2) is 0 Å². The van der Waals surface area contributed by atoms with Crippen LogP contribution in [0.3, 0.4) is 0 Å². The Balaban J connectivity index is 1.81. The number of benzene rings is 2. The molecule has 1 heterocycles. The molecule has 0 aliphatic heterocycles. The van der Waals surface area contributed by atoms with Gasteiger partial charge in [0.05, 0.1) is 4.88 Å². The van der Waals surface area contributed by atoms with Gasteiger partial charge in [-0.05, 0) is 41.3 Å². The predicted octanol–water partition coefficient (Wildman–Crippen LogP) is 4.51. The molecule has 0 fully saturated rings. The number of amides is 2. The molecule has 2 N–H and O–H groups in total. The Kier molecular flexibility index (Phi) is 5.48. The molecule has 0 aliphatic rings. The van der Waals surface area contributed by atoms with Gasteiger partial charge in [0.2, 0.25) is 0 Å². The number of anilines is 1. The molecule has 0 bridgehead atoms. The summed E-state index contributed by atoms with van der Waals surface area (Å²) in [4.78, 5) is 25.7. The fourth-order valence-corrected chi connectivity index (χ4v) is 3.06. The maximum absolute atomic E-state index is 12.7. The Morgan fingerprint density at radius 2 is 1.64 bits per heavy atom. The molecule has 0 radical (unpaired) electrons. The molecule has 0 saturated carbocycles. The fraction of sp³-hybridized carbons (Fsp3) is 0.0526. The average molecular weight is 371 g/mol. The quantitative estimate of drug-likeness (QED) is 0.694. The van der Waals surface area contributed by atoms with Crippen LogP contribution < -0.4 is 10.6 Å². The number of thiophene rings is 1. The molecule has 2 amide bonds. The first-order valence-corrected chi connectivity index (χ1v) is 8.85. The molecule has 1 atom stereocenters. The summed E-state index contributed by atoms with van der Waals surface area (Å²) < 4.78 is 0. The van der Waals surface area contributed by atoms with Crippen LogP contribution in [0.5, 0.6) is 0 Å². The molecule has 4 nitrogen and oxygen atoms in total. The highest BCUT2D eigenvalue weighted by Crippen LogP contribution is 2.19. The minimum absolute atomic E-state index is 0.282. The predicted molar refractivity (Wildman–Crippen MR) is 101 cm³/mol. The van der Waals surface area contributed by atoms with Crippen LogP contribution >= 0.6 is 22.9 Å². The van der Waals surface area contributed by atoms with E-state index in [-0.39, 0.29) is 11.8 Å². The van der Waals surface area contributed by atoms with Crippen LogP contribution in [0.4, 0.5) is 5.69 Å². The van der Waals surface area contributed by atoms with Crippen molar-refractivity contribution < 1.29 is 9.59 Å². The van der Waals surface area contributed by atoms with Crippen LogP contribution in [0.1, 0.15) is 21.3 Å². The van der Waals surface area contributed by atoms with Crippen molar-refractivity contribution in [3.8, 4) is 0 Å². The zero-order valence-corrected chi connectivity index (χ0v) is 14.7. The monoisotopic (exact) mass is 370 g/mol. The summed E-state index contributed by atoms with van der Waals surface area (Å²) in [6.07, 6.45) is 0. The number of rotatable bonds is 5. The molecule has 2 aromatic carbocycles. The average Bonchev–Trinajstić information content (AvgIpc) is 3.17. The first-order chi connectivity index (χ1) is 12.1. The molecule has 126 valence electrons. The maximum atomic E-state index is 12.7. The van der Waals surface area contributed by atoms with Gasteiger partial charge >= 0.3 is 0 Å². The zero-order valence-electron chi connectivity index (χ0n) is 13.1. The smallest absolute Gasteiger partial charge is 0.262 e. The Morgan fingerprint density at radius 3 is 2.28 bits per heavy atom. The van der Waals surface area contributed by atoms with Gasteiger partial charge in [-0.1, -0.05) is 48.0 Å². The van der Waals surface area contributed by atoms with Gasteiger partial charge in [0, 0.05) is 10.7 Å². The lowest BCUT2D eigenvalue weighted by Gasteiger charge is -2.18. The lowest BCUT2D eigenvalue weighted by Crippen LogP contribution is -2.36. The highest BCUT2D eigenvalue weighted by Gasteiger charge is 2.23. The summed E-state index contributed by atoms with van der Waals surface area (Å²) in [5.74, 6) is -0.603. The first-order valence-electron chi connectivity index (χ1n) is 7.59. The maximum Gasteiger partial charge on any atom is 0.262 e. The van der Waals surface area contributed by atoms with E-state index in [1.165, 1.54) is 11.3 Å². The molecule has 0 spiro atoms. The van der Waals surface area contributed by atoms with Crippen LogP contribution in [0.15, 0.2) is 72.1 Å². The third-order valence-corrected chi connectivity index (χ3v) is 4.65. The number of carbonyl (C=O) groups excluding carboxylic acids is 2. The second-order valence-electron chi connectivity index (χ2n) is 5.29. The summed E-state index contributed by atoms with van der Waals surface area (Å²) in [5.41, 5.74) is 1.32. The molecule has 3 rings (SSSR count). The third kappa shape index (κ3) is 4.47. The van der Waals surface area contributed by atoms with Crippen LogP contribution in [0, 0.1) is 0 Å². The van der Waals surface area contributed by atoms with Gasteiger partial charge < -0.3 is 10.6 Å². The molecule has 1 unspecified atom stereocenters. The van der Waals surface area contributed by atoms with Crippen molar-refractivity contribution >= 4 is 40.4 Å². The topological polar surface area (TPSA) is 58.2 Å². The molecule has 1 aromatic heterocycles. The molecule has 25 heavy (non-hydrogen) atoms. The van der Waals surface area contributed by atoms with E-state index in [2.05, 4.69) is 10.6 Å². The number of nitrogens with one attached hydrogen (secondary N) is 2. The van der Waals surface area contributed by atoms with E-state index in [0.717, 1.165) is 0 Å². The van der Waals surface area contributed by atoms with Gasteiger partial charge in [-0.15, -0.1) is 11.3 Å². The van der Waals surface area contributed by atoms with Crippen LogP contribution in [0.25, 0.3) is 0 Å². The van der Waals surface area contributed by atoms with Crippen molar-refractivity contribution in [2.45, 2.75) is 6.04 Å². The van der Waals surface area contributed by atoms with Crippen molar-refractivity contribution in [3.63, 3.8) is 0 Å². The van der Waals surface area contributed by atoms with Crippen LogP contribution in [-0.4, -0.2) is 11.8 Å². The van der Waals surface area contributed by atoms with Crippen LogP contribution in [-0.2, 0) is 4.79 Å². The Hall–Kier alpha value is -2.63. The van der Waals surface area contributed by atoms with Crippen molar-refractivity contribution in [1.29, 1.82) is 0 Å². The zero-order chi connectivity index (χ0) is 17.6. The number of hydrogen-bond acceptors (Lipinski definition) is 3. The second kappa shape index (κ2) is 7.96. The molecular weight excluding hydrogens is 356 g/mol. The Labute approximate surface area is 154 Å². The Morgan fingerprint density at radius 1 is 0.920 bits per heavy atom. The molecule has 6 heteroatoms. The molecule has 0 aliphatic carbocycles. The van der Waals surface area contributed by atoms with E-state index in [0.29, 0.717) is 21.2 Å². The van der Waals surface area contributed by atoms with Crippen molar-refractivity contribution in [3.05, 3.63) is 87.6 Å². The van der Waals surface area contributed by atoms with Gasteiger partial charge in [0.25, 0.3) is 11.8 Å². The highest BCUT2D eigenvalue weighted by atomic mass is 35.5. The standard InChI is InChI=1S/C19H15ClN2O2S/c20-14-8-10-15(11-9-14)21-19(24)17(13-5-2-1-3-6-13)22-18(23)16-7-4-12-25-16/h1-12,17H,(H,21,24)(H,22,23). The van der Waals surface area contributed by atoms with Crippen molar-refractivity contribution in [1.82, 2.24) is 5.32 Å². The number of halogens is 1. The van der Waals surface area contributed by atoms with E-state index in [4.69, 9.17) is 11.6 Å². The fourth-order valence-electron chi connectivity index (χ4n) is 2.30. The summed E-state index contributed by atoms with van der Waals surface area (Å²) in [6.45, 7) is 0. The lowest BCUT2D eigenvalue weighted by molar-refractivity contribution is -0.118. The van der Waals surface area contributed by atoms with E-state index >= 15 is 0 Å². The number of carbonyl (C=O) groups is 2. The minimum Gasteiger partial charge on any atom is -0.336 e. The summed E-state index contributed by atoms with van der Waals surface area (Å²) >= 11 is 7.19. The van der Waals surface area contributed by atoms with Crippen molar-refractivity contribution in [2.24, 2.45) is 0 Å². The normalized spacial score (nSPS) is 11.6. The van der Waals surface area contributed by atoms with E-state index in [9.17, 15) is 9.59 Å². The third-order valence-electron chi connectivity index (χ3n) is 3.53. The number of hydrogen-bond donors (Lipinski definition) is 2. The van der Waals surface area contributed by atoms with Gasteiger partial charge in [-0.3, -0.25) is 9.59 Å². The SMILES string of the molecule is O=C(NC(C(=O)Nc1ccc(Cl)cc1)c1ccccc1)c1cccs1. The summed E-state index contributed by atoms with van der Waals surface area (Å²) in [7, 11) is 0. The van der Waals surface area contributed by atoms with E-state index < -0.39 is 6.04 Å². The minimum atomic E-state index is -0.800. The molecular formula is C19H15ClN2O2S. The largest absolute Gasteiger partial charge is 0.336 e. The van der Waals surface area contributed by atoms with Crippen molar-refractivity contribution in [2.75, 3.05) is 5.32 Å². The second-order valence-corrected chi connectivity index (χ2v) is 6.67. The summed E-state index contributed by atoms with van der Waals surface area (Å²) in [6, 6.07) is 18.7. The first kappa shape index (κ1) is 17.2. The summed E-state index contributed by atoms with van der Waals surface area (Å²) in [5, 5.41) is 8.02. The van der Waals surface area contributed by atoms with Gasteiger partial charge in [-0.25, -0.2) is 0 Å². The van der Waals surface area contributed by atoms with Crippen LogP contribution in [0.2, 0.25) is 5.02 Å². The highest BCUT2D eigenvalue weighted by molar-refractivity contribution is 7.12. The van der Waals surface area contributed by atoms with E-state index in [1.807, 2.05) is 23.6 Å². The molecule has 0 saturated heterocycles. The lowest BCUT2D eigenvalue weighted by atomic mass is 10.1. The molecule has 3 aromatic rings. The van der Waals surface area contributed by atoms with Gasteiger partial charge in [-0.2, -0.15) is 0 Å². The Bertz CT molecular complexity index is 849.